The van der Waals surface area contributed by atoms with Crippen molar-refractivity contribution in [1.82, 2.24) is 10.2 Å². The van der Waals surface area contributed by atoms with E-state index in [1.165, 1.54) is 32.1 Å². The number of nitrogens with one attached hydrogen (secondary N) is 1. The average Bonchev–Trinajstić information content (AvgIpc) is 2.50. The molecule has 1 fully saturated rings. The van der Waals surface area contributed by atoms with Crippen LogP contribution in [-0.4, -0.2) is 53.3 Å². The molecule has 0 aromatic carbocycles. The van der Waals surface area contributed by atoms with Gasteiger partial charge in [-0.25, -0.2) is 9.59 Å². The second-order valence-corrected chi connectivity index (χ2v) is 7.71. The summed E-state index contributed by atoms with van der Waals surface area (Å²) in [7, 11) is 0. The van der Waals surface area contributed by atoms with E-state index in [9.17, 15) is 14.7 Å². The SMILES string of the molecule is C[C@H](NC(=O)N(CCO)CCC1CCCCC1)C(=O)OC(C)(C)C. The van der Waals surface area contributed by atoms with Crippen LogP contribution in [0.5, 0.6) is 0 Å². The molecule has 0 aromatic rings. The normalized spacial score (nSPS) is 17.2. The second-order valence-electron chi connectivity index (χ2n) is 7.71. The Labute approximate surface area is 145 Å². The predicted octanol–water partition coefficient (Wildman–Crippen LogP) is 2.69. The molecular weight excluding hydrogens is 308 g/mol. The van der Waals surface area contributed by atoms with E-state index in [0.29, 0.717) is 12.5 Å². The Bertz CT molecular complexity index is 400. The van der Waals surface area contributed by atoms with Crippen molar-refractivity contribution in [3.8, 4) is 0 Å². The highest BCUT2D eigenvalue weighted by Crippen LogP contribution is 2.26. The number of carbonyl (C=O) groups excluding carboxylic acids is 2. The number of nitrogens with zero attached hydrogens (tertiary/aromatic N) is 1. The van der Waals surface area contributed by atoms with E-state index in [4.69, 9.17) is 4.74 Å². The molecule has 24 heavy (non-hydrogen) atoms. The molecule has 1 saturated carbocycles. The Morgan fingerprint density at radius 1 is 1.21 bits per heavy atom. The van der Waals surface area contributed by atoms with Crippen molar-refractivity contribution in [2.75, 3.05) is 19.7 Å². The number of amides is 2. The van der Waals surface area contributed by atoms with Crippen LogP contribution in [0, 0.1) is 5.92 Å². The first-order valence-corrected chi connectivity index (χ1v) is 9.12. The zero-order valence-electron chi connectivity index (χ0n) is 15.6. The lowest BCUT2D eigenvalue weighted by atomic mass is 9.87. The third kappa shape index (κ3) is 7.99. The average molecular weight is 342 g/mol. The predicted molar refractivity (Wildman–Crippen MR) is 93.7 cm³/mol. The van der Waals surface area contributed by atoms with Gasteiger partial charge in [0, 0.05) is 13.1 Å². The number of urea groups is 1. The van der Waals surface area contributed by atoms with E-state index in [1.54, 1.807) is 32.6 Å². The monoisotopic (exact) mass is 342 g/mol. The van der Waals surface area contributed by atoms with Gasteiger partial charge in [0.1, 0.15) is 11.6 Å². The minimum atomic E-state index is -0.715. The first-order valence-electron chi connectivity index (χ1n) is 9.12. The van der Waals surface area contributed by atoms with Crippen LogP contribution in [0.1, 0.15) is 66.2 Å². The highest BCUT2D eigenvalue weighted by atomic mass is 16.6. The Morgan fingerprint density at radius 3 is 2.38 bits per heavy atom. The maximum absolute atomic E-state index is 12.4. The maximum atomic E-state index is 12.4. The van der Waals surface area contributed by atoms with E-state index in [0.717, 1.165) is 6.42 Å². The lowest BCUT2D eigenvalue weighted by Gasteiger charge is -2.28. The molecule has 2 amide bonds. The summed E-state index contributed by atoms with van der Waals surface area (Å²) in [6.07, 6.45) is 7.25. The fourth-order valence-electron chi connectivity index (χ4n) is 2.98. The first kappa shape index (κ1) is 20.7. The standard InChI is InChI=1S/C18H34N2O4/c1-14(16(22)24-18(2,3)4)19-17(23)20(12-13-21)11-10-15-8-6-5-7-9-15/h14-15,21H,5-13H2,1-4H3,(H,19,23)/t14-/m0/s1. The van der Waals surface area contributed by atoms with Gasteiger partial charge in [-0.05, 0) is 40.0 Å². The molecule has 0 spiro atoms. The van der Waals surface area contributed by atoms with Gasteiger partial charge >= 0.3 is 12.0 Å². The van der Waals surface area contributed by atoms with Crippen LogP contribution in [0.2, 0.25) is 0 Å². The quantitative estimate of drug-likeness (QED) is 0.697. The van der Waals surface area contributed by atoms with Crippen LogP contribution < -0.4 is 5.32 Å². The molecule has 0 saturated heterocycles. The van der Waals surface area contributed by atoms with E-state index in [1.807, 2.05) is 0 Å². The van der Waals surface area contributed by atoms with Gasteiger partial charge in [0.2, 0.25) is 0 Å². The van der Waals surface area contributed by atoms with Gasteiger partial charge in [-0.15, -0.1) is 0 Å². The lowest BCUT2D eigenvalue weighted by Crippen LogP contribution is -2.49. The van der Waals surface area contributed by atoms with Crippen molar-refractivity contribution < 1.29 is 19.4 Å². The van der Waals surface area contributed by atoms with Crippen molar-refractivity contribution in [2.45, 2.75) is 77.9 Å². The van der Waals surface area contributed by atoms with Crippen molar-refractivity contribution in [1.29, 1.82) is 0 Å². The summed E-state index contributed by atoms with van der Waals surface area (Å²) in [5.41, 5.74) is -0.582. The minimum Gasteiger partial charge on any atom is -0.458 e. The number of ether oxygens (including phenoxy) is 1. The fourth-order valence-corrected chi connectivity index (χ4v) is 2.98. The molecule has 6 heteroatoms. The summed E-state index contributed by atoms with van der Waals surface area (Å²) in [5, 5.41) is 11.9. The van der Waals surface area contributed by atoms with Crippen molar-refractivity contribution >= 4 is 12.0 Å². The number of aliphatic hydroxyl groups is 1. The molecule has 0 aliphatic heterocycles. The maximum Gasteiger partial charge on any atom is 0.328 e. The smallest absolute Gasteiger partial charge is 0.328 e. The molecule has 0 aromatic heterocycles. The van der Waals surface area contributed by atoms with Crippen molar-refractivity contribution in [2.24, 2.45) is 5.92 Å². The minimum absolute atomic E-state index is 0.0844. The zero-order chi connectivity index (χ0) is 18.2. The van der Waals surface area contributed by atoms with Gasteiger partial charge in [-0.3, -0.25) is 0 Å². The molecule has 2 N–H and O–H groups in total. The molecule has 0 unspecified atom stereocenters. The van der Waals surface area contributed by atoms with Crippen molar-refractivity contribution in [3.05, 3.63) is 0 Å². The summed E-state index contributed by atoms with van der Waals surface area (Å²) < 4.78 is 5.27. The summed E-state index contributed by atoms with van der Waals surface area (Å²) in [4.78, 5) is 25.9. The molecule has 140 valence electrons. The van der Waals surface area contributed by atoms with Crippen LogP contribution in [0.15, 0.2) is 0 Å². The molecule has 0 radical (unpaired) electrons. The van der Waals surface area contributed by atoms with E-state index in [-0.39, 0.29) is 19.2 Å². The number of rotatable bonds is 7. The molecule has 1 aliphatic carbocycles. The van der Waals surface area contributed by atoms with Crippen LogP contribution in [0.25, 0.3) is 0 Å². The number of esters is 1. The molecule has 1 rings (SSSR count). The zero-order valence-corrected chi connectivity index (χ0v) is 15.6. The van der Waals surface area contributed by atoms with Gasteiger partial charge in [0.05, 0.1) is 6.61 Å². The first-order chi connectivity index (χ1) is 11.2. The van der Waals surface area contributed by atoms with E-state index >= 15 is 0 Å². The van der Waals surface area contributed by atoms with E-state index < -0.39 is 17.6 Å². The largest absolute Gasteiger partial charge is 0.458 e. The molecule has 0 bridgehead atoms. The van der Waals surface area contributed by atoms with E-state index in [2.05, 4.69) is 5.32 Å². The molecule has 1 atom stereocenters. The van der Waals surface area contributed by atoms with Crippen LogP contribution in [0.3, 0.4) is 0 Å². The second kappa shape index (κ2) is 9.87. The Hall–Kier alpha value is -1.30. The molecule has 1 aliphatic rings. The number of aliphatic hydroxyl groups excluding tert-OH is 1. The third-order valence-electron chi connectivity index (χ3n) is 4.29. The van der Waals surface area contributed by atoms with Gasteiger partial charge < -0.3 is 20.1 Å². The number of carbonyl (C=O) groups is 2. The van der Waals surface area contributed by atoms with Crippen molar-refractivity contribution in [3.63, 3.8) is 0 Å². The summed E-state index contributed by atoms with van der Waals surface area (Å²) >= 11 is 0. The molecular formula is C18H34N2O4. The highest BCUT2D eigenvalue weighted by Gasteiger charge is 2.25. The van der Waals surface area contributed by atoms with Crippen LogP contribution in [-0.2, 0) is 9.53 Å². The van der Waals surface area contributed by atoms with Gasteiger partial charge in [-0.1, -0.05) is 32.1 Å². The summed E-state index contributed by atoms with van der Waals surface area (Å²) in [6, 6.07) is -1.04. The Balaban J connectivity index is 2.47. The molecule has 0 heterocycles. The Morgan fingerprint density at radius 2 is 1.83 bits per heavy atom. The highest BCUT2D eigenvalue weighted by molar-refractivity contribution is 5.83. The summed E-state index contributed by atoms with van der Waals surface area (Å²) in [6.45, 7) is 7.80. The summed E-state index contributed by atoms with van der Waals surface area (Å²) in [5.74, 6) is 0.211. The van der Waals surface area contributed by atoms with Gasteiger partial charge in [-0.2, -0.15) is 0 Å². The topological polar surface area (TPSA) is 78.9 Å². The van der Waals surface area contributed by atoms with Gasteiger partial charge in [0.15, 0.2) is 0 Å². The third-order valence-corrected chi connectivity index (χ3v) is 4.29. The Kier molecular flexibility index (Phi) is 8.53. The number of hydrogen-bond acceptors (Lipinski definition) is 4. The van der Waals surface area contributed by atoms with Crippen LogP contribution in [0.4, 0.5) is 4.79 Å². The lowest BCUT2D eigenvalue weighted by molar-refractivity contribution is -0.156. The number of hydrogen-bond donors (Lipinski definition) is 2. The fraction of sp³-hybridized carbons (Fsp3) is 0.889. The van der Waals surface area contributed by atoms with Gasteiger partial charge in [0.25, 0.3) is 0 Å². The van der Waals surface area contributed by atoms with Crippen LogP contribution >= 0.6 is 0 Å². The molecule has 6 nitrogen and oxygen atoms in total.